The maximum Gasteiger partial charge on any atom is 0.0507 e. The van der Waals surface area contributed by atoms with Crippen LogP contribution in [0.15, 0.2) is 24.5 Å². The normalized spacial score (nSPS) is 25.6. The van der Waals surface area contributed by atoms with Crippen molar-refractivity contribution in [2.24, 2.45) is 5.92 Å². The molecule has 2 aliphatic rings. The van der Waals surface area contributed by atoms with Crippen LogP contribution < -0.4 is 4.90 Å². The summed E-state index contributed by atoms with van der Waals surface area (Å²) in [7, 11) is 0. The third-order valence-corrected chi connectivity index (χ3v) is 3.94. The fourth-order valence-corrected chi connectivity index (χ4v) is 2.84. The molecular weight excluding hydrogens is 226 g/mol. The van der Waals surface area contributed by atoms with Crippen LogP contribution >= 0.6 is 0 Å². The van der Waals surface area contributed by atoms with E-state index in [1.165, 1.54) is 31.7 Å². The van der Waals surface area contributed by atoms with Crippen LogP contribution in [0.2, 0.25) is 0 Å². The molecule has 0 spiro atoms. The summed E-state index contributed by atoms with van der Waals surface area (Å²) in [6, 6.07) is 4.20. The van der Waals surface area contributed by atoms with E-state index in [0.717, 1.165) is 32.2 Å². The van der Waals surface area contributed by atoms with E-state index in [4.69, 9.17) is 4.74 Å². The van der Waals surface area contributed by atoms with Crippen LogP contribution in [0.4, 0.5) is 5.69 Å². The standard InChI is InChI=1S/C14H21N3O/c1-4-15-5-2-14(1)17-8-6-16(7-9-17)11-13-3-10-18-12-13/h1-2,4-5,13H,3,6-12H2/t13-/m1/s1. The Kier molecular flexibility index (Phi) is 3.76. The Balaban J connectivity index is 1.49. The SMILES string of the molecule is c1cc(N2CCN(C[C@H]3CCOC3)CC2)ccn1. The van der Waals surface area contributed by atoms with Crippen molar-refractivity contribution in [1.29, 1.82) is 0 Å². The highest BCUT2D eigenvalue weighted by Crippen LogP contribution is 2.18. The first-order valence-electron chi connectivity index (χ1n) is 6.87. The van der Waals surface area contributed by atoms with E-state index in [0.29, 0.717) is 0 Å². The van der Waals surface area contributed by atoms with Crippen molar-refractivity contribution in [3.05, 3.63) is 24.5 Å². The van der Waals surface area contributed by atoms with Gasteiger partial charge >= 0.3 is 0 Å². The number of pyridine rings is 1. The molecule has 3 heterocycles. The molecule has 1 aromatic heterocycles. The maximum atomic E-state index is 5.45. The highest BCUT2D eigenvalue weighted by atomic mass is 16.5. The summed E-state index contributed by atoms with van der Waals surface area (Å²) in [5, 5.41) is 0. The summed E-state index contributed by atoms with van der Waals surface area (Å²) in [6.07, 6.45) is 4.99. The van der Waals surface area contributed by atoms with Gasteiger partial charge in [0.15, 0.2) is 0 Å². The van der Waals surface area contributed by atoms with Crippen molar-refractivity contribution in [2.75, 3.05) is 50.8 Å². The van der Waals surface area contributed by atoms with Gasteiger partial charge < -0.3 is 9.64 Å². The summed E-state index contributed by atoms with van der Waals surface area (Å²) in [6.45, 7) is 7.71. The van der Waals surface area contributed by atoms with Gasteiger partial charge in [-0.1, -0.05) is 0 Å². The van der Waals surface area contributed by atoms with Gasteiger partial charge in [-0.25, -0.2) is 0 Å². The van der Waals surface area contributed by atoms with Crippen LogP contribution in [-0.2, 0) is 4.74 Å². The van der Waals surface area contributed by atoms with Crippen molar-refractivity contribution >= 4 is 5.69 Å². The van der Waals surface area contributed by atoms with Crippen LogP contribution in [0.25, 0.3) is 0 Å². The molecule has 0 aliphatic carbocycles. The molecule has 2 aliphatic heterocycles. The molecule has 0 aromatic carbocycles. The van der Waals surface area contributed by atoms with Crippen molar-refractivity contribution in [2.45, 2.75) is 6.42 Å². The van der Waals surface area contributed by atoms with Crippen molar-refractivity contribution in [3.63, 3.8) is 0 Å². The van der Waals surface area contributed by atoms with E-state index in [1.807, 2.05) is 12.4 Å². The van der Waals surface area contributed by atoms with Gasteiger partial charge in [0.25, 0.3) is 0 Å². The molecule has 4 nitrogen and oxygen atoms in total. The molecule has 1 atom stereocenters. The number of hydrogen-bond acceptors (Lipinski definition) is 4. The Morgan fingerprint density at radius 3 is 2.61 bits per heavy atom. The molecule has 2 fully saturated rings. The number of rotatable bonds is 3. The molecule has 0 amide bonds. The van der Waals surface area contributed by atoms with E-state index in [1.54, 1.807) is 0 Å². The summed E-state index contributed by atoms with van der Waals surface area (Å²) in [4.78, 5) is 9.10. The molecular formula is C14H21N3O. The van der Waals surface area contributed by atoms with Gasteiger partial charge in [0, 0.05) is 57.4 Å². The fraction of sp³-hybridized carbons (Fsp3) is 0.643. The minimum Gasteiger partial charge on any atom is -0.381 e. The number of ether oxygens (including phenoxy) is 1. The van der Waals surface area contributed by atoms with Gasteiger partial charge in [0.1, 0.15) is 0 Å². The molecule has 0 saturated carbocycles. The summed E-state index contributed by atoms with van der Waals surface area (Å²) in [5.41, 5.74) is 1.30. The van der Waals surface area contributed by atoms with Gasteiger partial charge in [0.05, 0.1) is 6.61 Å². The first kappa shape index (κ1) is 11.9. The average molecular weight is 247 g/mol. The van der Waals surface area contributed by atoms with Gasteiger partial charge in [-0.05, 0) is 24.5 Å². The maximum absolute atomic E-state index is 5.45. The molecule has 1 aromatic rings. The van der Waals surface area contributed by atoms with E-state index in [-0.39, 0.29) is 0 Å². The summed E-state index contributed by atoms with van der Waals surface area (Å²) >= 11 is 0. The van der Waals surface area contributed by atoms with Crippen LogP contribution in [0.5, 0.6) is 0 Å². The van der Waals surface area contributed by atoms with Crippen LogP contribution in [0, 0.1) is 5.92 Å². The van der Waals surface area contributed by atoms with Crippen LogP contribution in [0.3, 0.4) is 0 Å². The second kappa shape index (κ2) is 5.67. The smallest absolute Gasteiger partial charge is 0.0507 e. The fourth-order valence-electron chi connectivity index (χ4n) is 2.84. The zero-order valence-electron chi connectivity index (χ0n) is 10.8. The monoisotopic (exact) mass is 247 g/mol. The molecule has 18 heavy (non-hydrogen) atoms. The van der Waals surface area contributed by atoms with Crippen molar-refractivity contribution < 1.29 is 4.74 Å². The Morgan fingerprint density at radius 1 is 1.17 bits per heavy atom. The van der Waals surface area contributed by atoms with E-state index >= 15 is 0 Å². The molecule has 0 N–H and O–H groups in total. The minimum absolute atomic E-state index is 0.762. The van der Waals surface area contributed by atoms with Gasteiger partial charge in [-0.2, -0.15) is 0 Å². The van der Waals surface area contributed by atoms with Crippen molar-refractivity contribution in [1.82, 2.24) is 9.88 Å². The first-order valence-corrected chi connectivity index (χ1v) is 6.87. The van der Waals surface area contributed by atoms with E-state index < -0.39 is 0 Å². The molecule has 0 unspecified atom stereocenters. The predicted molar refractivity (Wildman–Crippen MR) is 71.8 cm³/mol. The second-order valence-corrected chi connectivity index (χ2v) is 5.22. The quantitative estimate of drug-likeness (QED) is 0.803. The largest absolute Gasteiger partial charge is 0.381 e. The Hall–Kier alpha value is -1.13. The summed E-state index contributed by atoms with van der Waals surface area (Å²) < 4.78 is 5.45. The molecule has 2 saturated heterocycles. The van der Waals surface area contributed by atoms with Gasteiger partial charge in [-0.3, -0.25) is 9.88 Å². The Bertz CT molecular complexity index is 357. The van der Waals surface area contributed by atoms with E-state index in [9.17, 15) is 0 Å². The van der Waals surface area contributed by atoms with Gasteiger partial charge in [-0.15, -0.1) is 0 Å². The third-order valence-electron chi connectivity index (χ3n) is 3.94. The predicted octanol–water partition coefficient (Wildman–Crippen LogP) is 1.24. The van der Waals surface area contributed by atoms with Crippen LogP contribution in [0.1, 0.15) is 6.42 Å². The van der Waals surface area contributed by atoms with Crippen molar-refractivity contribution in [3.8, 4) is 0 Å². The van der Waals surface area contributed by atoms with Crippen LogP contribution in [-0.4, -0.2) is 55.8 Å². The zero-order chi connectivity index (χ0) is 12.2. The number of nitrogens with zero attached hydrogens (tertiary/aromatic N) is 3. The minimum atomic E-state index is 0.762. The third kappa shape index (κ3) is 2.82. The average Bonchev–Trinajstić information content (AvgIpc) is 2.94. The summed E-state index contributed by atoms with van der Waals surface area (Å²) in [5.74, 6) is 0.762. The Morgan fingerprint density at radius 2 is 1.94 bits per heavy atom. The second-order valence-electron chi connectivity index (χ2n) is 5.22. The lowest BCUT2D eigenvalue weighted by molar-refractivity contribution is 0.164. The number of anilines is 1. The number of piperazine rings is 1. The molecule has 98 valence electrons. The number of aromatic nitrogens is 1. The Labute approximate surface area is 109 Å². The molecule has 3 rings (SSSR count). The lowest BCUT2D eigenvalue weighted by Crippen LogP contribution is -2.47. The molecule has 0 radical (unpaired) electrons. The first-order chi connectivity index (χ1) is 8.92. The highest BCUT2D eigenvalue weighted by Gasteiger charge is 2.22. The lowest BCUT2D eigenvalue weighted by atomic mass is 10.1. The lowest BCUT2D eigenvalue weighted by Gasteiger charge is -2.36. The van der Waals surface area contributed by atoms with Gasteiger partial charge in [0.2, 0.25) is 0 Å². The van der Waals surface area contributed by atoms with E-state index in [2.05, 4.69) is 26.9 Å². The molecule has 0 bridgehead atoms. The number of hydrogen-bond donors (Lipinski definition) is 0. The highest BCUT2D eigenvalue weighted by molar-refractivity contribution is 5.44. The molecule has 4 heteroatoms. The topological polar surface area (TPSA) is 28.6 Å². The zero-order valence-corrected chi connectivity index (χ0v) is 10.8.